The molecule has 1 fully saturated rings. The molecule has 0 aliphatic carbocycles. The fourth-order valence-electron chi connectivity index (χ4n) is 7.03. The smallest absolute Gasteiger partial charge is 0.372 e. The van der Waals surface area contributed by atoms with Crippen molar-refractivity contribution in [1.29, 1.82) is 0 Å². The Bertz CT molecular complexity index is 2160. The van der Waals surface area contributed by atoms with Crippen molar-refractivity contribution in [2.75, 3.05) is 52.8 Å². The van der Waals surface area contributed by atoms with Crippen molar-refractivity contribution in [3.63, 3.8) is 0 Å². The largest absolute Gasteiger partial charge is 0.497 e. The summed E-state index contributed by atoms with van der Waals surface area (Å²) in [5, 5.41) is 12.5. The molecular formula is C45H55N4O11P. The monoisotopic (exact) mass is 858 g/mol. The molecule has 1 aliphatic heterocycles. The molecule has 0 spiro atoms. The van der Waals surface area contributed by atoms with Gasteiger partial charge in [0.15, 0.2) is 12.3 Å². The number of rotatable bonds is 18. The third kappa shape index (κ3) is 10.9. The first-order valence-corrected chi connectivity index (χ1v) is 21.2. The van der Waals surface area contributed by atoms with Gasteiger partial charge in [-0.2, -0.15) is 4.98 Å². The molecule has 2 heterocycles. The Kier molecular flexibility index (Phi) is 16.8. The van der Waals surface area contributed by atoms with Crippen LogP contribution in [0.25, 0.3) is 0 Å². The average molecular weight is 859 g/mol. The van der Waals surface area contributed by atoms with Crippen molar-refractivity contribution in [1.82, 2.24) is 14.5 Å². The molecule has 1 unspecified atom stereocenters. The Morgan fingerprint density at radius 3 is 1.84 bits per heavy atom. The maximum atomic E-state index is 13.5. The molecule has 15 nitrogen and oxygen atoms in total. The summed E-state index contributed by atoms with van der Waals surface area (Å²) in [7, 11) is -0.693. The summed E-state index contributed by atoms with van der Waals surface area (Å²) in [6.45, 7) is 11.3. The number of aliphatic hydroxyl groups is 1. The van der Waals surface area contributed by atoms with Crippen molar-refractivity contribution in [2.24, 2.45) is 0 Å². The molecular weight excluding hydrogens is 803 g/mol. The molecule has 0 saturated carbocycles. The number of hydrogen-bond donors (Lipinski definition) is 2. The van der Waals surface area contributed by atoms with Crippen LogP contribution in [0.3, 0.4) is 0 Å². The molecule has 5 aromatic rings. The maximum Gasteiger partial charge on any atom is 0.372 e. The van der Waals surface area contributed by atoms with Crippen molar-refractivity contribution in [3.8, 4) is 11.5 Å². The minimum Gasteiger partial charge on any atom is -0.497 e. The van der Waals surface area contributed by atoms with Crippen LogP contribution in [0.15, 0.2) is 126 Å². The number of carbonyl (C=O) groups excluding carboxylic acids is 1. The first kappa shape index (κ1) is 46.7. The van der Waals surface area contributed by atoms with Crippen LogP contribution in [-0.4, -0.2) is 90.6 Å². The Hall–Kier alpha value is -5.38. The second kappa shape index (κ2) is 21.9. The molecule has 61 heavy (non-hydrogen) atoms. The molecule has 326 valence electrons. The molecule has 0 bridgehead atoms. The molecule has 5 atom stereocenters. The summed E-state index contributed by atoms with van der Waals surface area (Å²) in [6, 6.07) is 33.2. The van der Waals surface area contributed by atoms with Gasteiger partial charge in [-0.25, -0.2) is 14.2 Å². The molecule has 1 aliphatic rings. The van der Waals surface area contributed by atoms with Crippen LogP contribution in [0.4, 0.5) is 5.82 Å². The molecule has 1 aromatic heterocycles. The van der Waals surface area contributed by atoms with Gasteiger partial charge in [-0.15, -0.1) is 0 Å². The normalized spacial score (nSPS) is 19.1. The van der Waals surface area contributed by atoms with Crippen molar-refractivity contribution in [2.45, 2.75) is 57.5 Å². The Balaban J connectivity index is 0.000000925. The third-order valence-electron chi connectivity index (χ3n) is 10.3. The molecule has 0 radical (unpaired) electrons. The van der Waals surface area contributed by atoms with Gasteiger partial charge < -0.3 is 43.9 Å². The Labute approximate surface area is 356 Å². The zero-order chi connectivity index (χ0) is 44.0. The van der Waals surface area contributed by atoms with E-state index in [1.165, 1.54) is 44.0 Å². The summed E-state index contributed by atoms with van der Waals surface area (Å²) in [5.74, 6) is -2.40. The lowest BCUT2D eigenvalue weighted by molar-refractivity contribution is -0.233. The highest BCUT2D eigenvalue weighted by atomic mass is 31.1. The van der Waals surface area contributed by atoms with Gasteiger partial charge in [-0.05, 0) is 85.7 Å². The van der Waals surface area contributed by atoms with Crippen LogP contribution in [0.5, 0.6) is 11.5 Å². The van der Waals surface area contributed by atoms with Gasteiger partial charge in [0.1, 0.15) is 29.0 Å². The predicted molar refractivity (Wildman–Crippen MR) is 231 cm³/mol. The van der Waals surface area contributed by atoms with Gasteiger partial charge in [0.25, 0.3) is 0 Å². The van der Waals surface area contributed by atoms with E-state index in [1.807, 2.05) is 54.6 Å². The van der Waals surface area contributed by atoms with Gasteiger partial charge in [0.2, 0.25) is 5.79 Å². The Morgan fingerprint density at radius 2 is 1.36 bits per heavy atom. The minimum atomic E-state index is -3.82. The fraction of sp³-hybridized carbons (Fsp3) is 0.356. The summed E-state index contributed by atoms with van der Waals surface area (Å²) in [5.41, 5.74) is 5.72. The second-order valence-corrected chi connectivity index (χ2v) is 14.6. The number of carbonyl (C=O) groups is 1. The van der Waals surface area contributed by atoms with E-state index in [0.717, 1.165) is 4.57 Å². The van der Waals surface area contributed by atoms with E-state index in [2.05, 4.69) is 30.7 Å². The number of aromatic nitrogens is 2. The van der Waals surface area contributed by atoms with Gasteiger partial charge in [-0.3, -0.25) is 9.09 Å². The van der Waals surface area contributed by atoms with Crippen molar-refractivity contribution < 1.29 is 47.2 Å². The quantitative estimate of drug-likeness (QED) is 0.0557. The number of benzene rings is 4. The number of ether oxygens (including phenoxy) is 5. The zero-order valence-corrected chi connectivity index (χ0v) is 36.3. The van der Waals surface area contributed by atoms with Gasteiger partial charge in [0.05, 0.1) is 26.4 Å². The second-order valence-electron chi connectivity index (χ2n) is 13.7. The lowest BCUT2D eigenvalue weighted by Crippen LogP contribution is -2.52. The van der Waals surface area contributed by atoms with Crippen molar-refractivity contribution >= 4 is 20.0 Å². The van der Waals surface area contributed by atoms with E-state index < -0.39 is 56.3 Å². The number of hydrogen-bond acceptors (Lipinski definition) is 14. The van der Waals surface area contributed by atoms with Crippen LogP contribution < -0.4 is 20.9 Å². The number of anilines is 1. The summed E-state index contributed by atoms with van der Waals surface area (Å²) in [4.78, 5) is 32.2. The van der Waals surface area contributed by atoms with E-state index >= 15 is 0 Å². The SMILES string of the molecule is CCN(CC)CC.CCO[C@H]1[C@H](n2ccc(N)nc2=O)O[C@H](COC(c2ccccc2)(c2ccc(OC)cc2)c2ccc(OC)cc2)[C@@]1(O)O[PH](=O)OC(=O)c1ccccc1. The minimum absolute atomic E-state index is 0.00267. The van der Waals surface area contributed by atoms with Gasteiger partial charge in [0, 0.05) is 12.8 Å². The summed E-state index contributed by atoms with van der Waals surface area (Å²) >= 11 is 0. The van der Waals surface area contributed by atoms with Crippen LogP contribution >= 0.6 is 8.25 Å². The lowest BCUT2D eigenvalue weighted by atomic mass is 9.80. The van der Waals surface area contributed by atoms with E-state index in [1.54, 1.807) is 63.6 Å². The van der Waals surface area contributed by atoms with Crippen LogP contribution in [-0.2, 0) is 33.4 Å². The van der Waals surface area contributed by atoms with E-state index in [4.69, 9.17) is 38.5 Å². The summed E-state index contributed by atoms with van der Waals surface area (Å²) in [6.07, 6.45) is -3.10. The number of methoxy groups -OCH3 is 2. The molecule has 0 amide bonds. The van der Waals surface area contributed by atoms with Crippen LogP contribution in [0, 0.1) is 0 Å². The van der Waals surface area contributed by atoms with E-state index in [-0.39, 0.29) is 18.0 Å². The highest BCUT2D eigenvalue weighted by Gasteiger charge is 2.61. The first-order chi connectivity index (χ1) is 29.5. The summed E-state index contributed by atoms with van der Waals surface area (Å²) < 4.78 is 55.7. The molecule has 1 saturated heterocycles. The molecule has 16 heteroatoms. The van der Waals surface area contributed by atoms with Crippen LogP contribution in [0.2, 0.25) is 0 Å². The Morgan fingerprint density at radius 1 is 0.836 bits per heavy atom. The highest BCUT2D eigenvalue weighted by molar-refractivity contribution is 7.34. The predicted octanol–water partition coefficient (Wildman–Crippen LogP) is 6.45. The van der Waals surface area contributed by atoms with Gasteiger partial charge in [-0.1, -0.05) is 93.6 Å². The topological polar surface area (TPSA) is 183 Å². The number of nitrogen functional groups attached to an aromatic ring is 1. The first-order valence-electron chi connectivity index (χ1n) is 20.0. The molecule has 4 aromatic carbocycles. The third-order valence-corrected chi connectivity index (χ3v) is 11.1. The lowest BCUT2D eigenvalue weighted by Gasteiger charge is -2.38. The number of nitrogens with zero attached hydrogens (tertiary/aromatic N) is 3. The van der Waals surface area contributed by atoms with E-state index in [0.29, 0.717) is 28.2 Å². The molecule has 6 rings (SSSR count). The zero-order valence-electron chi connectivity index (χ0n) is 35.3. The van der Waals surface area contributed by atoms with Crippen molar-refractivity contribution in [3.05, 3.63) is 154 Å². The average Bonchev–Trinajstić information content (AvgIpc) is 3.54. The fourth-order valence-corrected chi connectivity index (χ4v) is 7.85. The standard InChI is InChI=1S/C39H40N3O11P.C6H15N/c1-4-49-34-35(42-24-23-33(40)41-37(42)44)51-32(39(34,45)53-54(46)52-36(43)26-11-7-5-8-12-26)25-50-38(27-13-9-6-10-14-27,28-15-19-30(47-2)20-16-28)29-17-21-31(48-3)22-18-29;1-4-7(5-2)6-3/h5-24,32,34-35,45,54H,4,25H2,1-3H3,(H2,40,41,44);4-6H2,1-3H3/t32-,34+,35-,39-;/m1./s1. The van der Waals surface area contributed by atoms with E-state index in [9.17, 15) is 19.3 Å². The highest BCUT2D eigenvalue weighted by Crippen LogP contribution is 2.48. The van der Waals surface area contributed by atoms with Crippen LogP contribution in [0.1, 0.15) is 61.0 Å². The maximum absolute atomic E-state index is 13.5. The number of nitrogens with two attached hydrogens (primary N) is 1. The molecule has 3 N–H and O–H groups in total. The van der Waals surface area contributed by atoms with Gasteiger partial charge >= 0.3 is 19.9 Å².